The van der Waals surface area contributed by atoms with Crippen LogP contribution in [0.2, 0.25) is 10.2 Å². The van der Waals surface area contributed by atoms with Crippen LogP contribution in [0.1, 0.15) is 28.2 Å². The molecule has 100 valence electrons. The van der Waals surface area contributed by atoms with E-state index in [1.54, 1.807) is 0 Å². The van der Waals surface area contributed by atoms with Gasteiger partial charge in [0.25, 0.3) is 0 Å². The van der Waals surface area contributed by atoms with E-state index in [1.807, 2.05) is 43.1 Å². The molecule has 0 fully saturated rings. The van der Waals surface area contributed by atoms with E-state index in [2.05, 4.69) is 4.98 Å². The topological polar surface area (TPSA) is 33.2 Å². The molecule has 2 rings (SSSR count). The Morgan fingerprint density at radius 2 is 2.05 bits per heavy atom. The lowest BCUT2D eigenvalue weighted by atomic mass is 10.1. The second-order valence-electron chi connectivity index (χ2n) is 4.08. The number of carbonyl (C=O) groups is 1. The fraction of sp³-hybridized carbons (Fsp3) is 0.231. The van der Waals surface area contributed by atoms with E-state index in [-0.39, 0.29) is 11.2 Å². The van der Waals surface area contributed by atoms with Crippen molar-refractivity contribution in [2.45, 2.75) is 13.0 Å². The van der Waals surface area contributed by atoms with Crippen molar-refractivity contribution in [3.8, 4) is 0 Å². The minimum absolute atomic E-state index is 0.0374. The van der Waals surface area contributed by atoms with Gasteiger partial charge in [0, 0.05) is 12.1 Å². The summed E-state index contributed by atoms with van der Waals surface area (Å²) in [5.41, 5.74) is 1.01. The second kappa shape index (κ2) is 5.90. The van der Waals surface area contributed by atoms with Crippen molar-refractivity contribution < 1.29 is 4.79 Å². The summed E-state index contributed by atoms with van der Waals surface area (Å²) in [6.45, 7) is 2.02. The molecule has 0 bridgehead atoms. The van der Waals surface area contributed by atoms with Gasteiger partial charge in [0.2, 0.25) is 0 Å². The molecular weight excluding hydrogens is 303 g/mol. The SMILES string of the molecule is CC(c1ccccc1Cl)N(C)c1nc(Cl)c(C=O)s1. The maximum absolute atomic E-state index is 10.8. The molecule has 0 N–H and O–H groups in total. The molecule has 0 aliphatic rings. The first kappa shape index (κ1) is 14.3. The van der Waals surface area contributed by atoms with Crippen LogP contribution in [0.5, 0.6) is 0 Å². The van der Waals surface area contributed by atoms with Gasteiger partial charge in [-0.2, -0.15) is 0 Å². The Balaban J connectivity index is 2.30. The van der Waals surface area contributed by atoms with E-state index in [9.17, 15) is 4.79 Å². The van der Waals surface area contributed by atoms with Crippen LogP contribution in [0.25, 0.3) is 0 Å². The first-order valence-corrected chi connectivity index (χ1v) is 7.20. The molecule has 19 heavy (non-hydrogen) atoms. The lowest BCUT2D eigenvalue weighted by Gasteiger charge is -2.25. The molecule has 0 saturated heterocycles. The van der Waals surface area contributed by atoms with Gasteiger partial charge in [-0.25, -0.2) is 4.98 Å². The number of aromatic nitrogens is 1. The van der Waals surface area contributed by atoms with Crippen molar-refractivity contribution in [3.63, 3.8) is 0 Å². The Kier molecular flexibility index (Phi) is 4.45. The van der Waals surface area contributed by atoms with Gasteiger partial charge in [-0.15, -0.1) is 0 Å². The molecule has 1 aromatic heterocycles. The van der Waals surface area contributed by atoms with E-state index < -0.39 is 0 Å². The maximum Gasteiger partial charge on any atom is 0.187 e. The van der Waals surface area contributed by atoms with Crippen LogP contribution >= 0.6 is 34.5 Å². The zero-order chi connectivity index (χ0) is 14.0. The number of anilines is 1. The third kappa shape index (κ3) is 2.91. The first-order chi connectivity index (χ1) is 9.04. The van der Waals surface area contributed by atoms with Crippen molar-refractivity contribution in [2.75, 3.05) is 11.9 Å². The van der Waals surface area contributed by atoms with Gasteiger partial charge in [-0.3, -0.25) is 4.79 Å². The number of thiazole rings is 1. The summed E-state index contributed by atoms with van der Waals surface area (Å²) >= 11 is 13.3. The van der Waals surface area contributed by atoms with Crippen LogP contribution in [0.3, 0.4) is 0 Å². The van der Waals surface area contributed by atoms with Gasteiger partial charge < -0.3 is 4.90 Å². The van der Waals surface area contributed by atoms with Crippen LogP contribution in [0.4, 0.5) is 5.13 Å². The molecule has 0 aliphatic carbocycles. The molecule has 1 unspecified atom stereocenters. The lowest BCUT2D eigenvalue weighted by molar-refractivity contribution is 0.112. The summed E-state index contributed by atoms with van der Waals surface area (Å²) in [4.78, 5) is 17.4. The molecule has 1 atom stereocenters. The number of aldehydes is 1. The lowest BCUT2D eigenvalue weighted by Crippen LogP contribution is -2.21. The van der Waals surface area contributed by atoms with E-state index in [1.165, 1.54) is 11.3 Å². The van der Waals surface area contributed by atoms with Crippen LogP contribution in [-0.2, 0) is 0 Å². The maximum atomic E-state index is 10.8. The highest BCUT2D eigenvalue weighted by molar-refractivity contribution is 7.17. The number of halogens is 2. The fourth-order valence-corrected chi connectivity index (χ4v) is 3.11. The van der Waals surface area contributed by atoms with Gasteiger partial charge >= 0.3 is 0 Å². The molecule has 1 aromatic carbocycles. The van der Waals surface area contributed by atoms with Gasteiger partial charge in [0.05, 0.1) is 6.04 Å². The normalized spacial score (nSPS) is 12.2. The van der Waals surface area contributed by atoms with Crippen molar-refractivity contribution in [1.29, 1.82) is 0 Å². The van der Waals surface area contributed by atoms with Crippen molar-refractivity contribution in [1.82, 2.24) is 4.98 Å². The summed E-state index contributed by atoms with van der Waals surface area (Å²) in [6.07, 6.45) is 0.720. The average molecular weight is 315 g/mol. The highest BCUT2D eigenvalue weighted by atomic mass is 35.5. The predicted octanol–water partition coefficient (Wildman–Crippen LogP) is 4.46. The number of carbonyl (C=O) groups excluding carboxylic acids is 1. The van der Waals surface area contributed by atoms with E-state index in [0.717, 1.165) is 11.8 Å². The predicted molar refractivity (Wildman–Crippen MR) is 80.8 cm³/mol. The zero-order valence-electron chi connectivity index (χ0n) is 10.4. The highest BCUT2D eigenvalue weighted by Crippen LogP contribution is 2.34. The molecule has 0 saturated carbocycles. The summed E-state index contributed by atoms with van der Waals surface area (Å²) < 4.78 is 0. The number of rotatable bonds is 4. The highest BCUT2D eigenvalue weighted by Gasteiger charge is 2.19. The van der Waals surface area contributed by atoms with E-state index in [0.29, 0.717) is 15.0 Å². The Hall–Kier alpha value is -1.10. The van der Waals surface area contributed by atoms with E-state index >= 15 is 0 Å². The quantitative estimate of drug-likeness (QED) is 0.781. The molecular formula is C13H12Cl2N2OS. The van der Waals surface area contributed by atoms with Crippen molar-refractivity contribution in [3.05, 3.63) is 44.9 Å². The largest absolute Gasteiger partial charge is 0.344 e. The van der Waals surface area contributed by atoms with Crippen LogP contribution in [-0.4, -0.2) is 18.3 Å². The Labute approximate surface area is 125 Å². The summed E-state index contributed by atoms with van der Waals surface area (Å²) in [5, 5.41) is 1.65. The van der Waals surface area contributed by atoms with Gasteiger partial charge in [-0.05, 0) is 18.6 Å². The molecule has 0 radical (unpaired) electrons. The number of nitrogens with zero attached hydrogens (tertiary/aromatic N) is 2. The van der Waals surface area contributed by atoms with Crippen LogP contribution < -0.4 is 4.90 Å². The van der Waals surface area contributed by atoms with Gasteiger partial charge in [0.1, 0.15) is 4.88 Å². The molecule has 2 aromatic rings. The minimum Gasteiger partial charge on any atom is -0.344 e. The Morgan fingerprint density at radius 1 is 1.37 bits per heavy atom. The van der Waals surface area contributed by atoms with Gasteiger partial charge in [0.15, 0.2) is 16.6 Å². The number of benzene rings is 1. The molecule has 1 heterocycles. The smallest absolute Gasteiger partial charge is 0.187 e. The van der Waals surface area contributed by atoms with Crippen molar-refractivity contribution in [2.24, 2.45) is 0 Å². The van der Waals surface area contributed by atoms with E-state index in [4.69, 9.17) is 23.2 Å². The third-order valence-corrected chi connectivity index (χ3v) is 4.76. The number of hydrogen-bond acceptors (Lipinski definition) is 4. The summed E-state index contributed by atoms with van der Waals surface area (Å²) in [7, 11) is 1.90. The molecule has 3 nitrogen and oxygen atoms in total. The first-order valence-electron chi connectivity index (χ1n) is 5.63. The van der Waals surface area contributed by atoms with Crippen LogP contribution in [0.15, 0.2) is 24.3 Å². The fourth-order valence-electron chi connectivity index (χ4n) is 1.71. The summed E-state index contributed by atoms with van der Waals surface area (Å²) in [6, 6.07) is 7.70. The minimum atomic E-state index is 0.0374. The molecule has 0 spiro atoms. The third-order valence-electron chi connectivity index (χ3n) is 2.94. The molecule has 0 aliphatic heterocycles. The van der Waals surface area contributed by atoms with Crippen LogP contribution in [0, 0.1) is 0 Å². The molecule has 0 amide bonds. The Bertz CT molecular complexity index is 600. The standard InChI is InChI=1S/C13H12Cl2N2OS/c1-8(9-5-3-4-6-10(9)14)17(2)13-16-12(15)11(7-18)19-13/h3-8H,1-2H3. The average Bonchev–Trinajstić information content (AvgIpc) is 2.79. The second-order valence-corrected chi connectivity index (χ2v) is 5.85. The molecule has 6 heteroatoms. The summed E-state index contributed by atoms with van der Waals surface area (Å²) in [5.74, 6) is 0. The van der Waals surface area contributed by atoms with Gasteiger partial charge in [-0.1, -0.05) is 52.7 Å². The monoisotopic (exact) mass is 314 g/mol. The number of hydrogen-bond donors (Lipinski definition) is 0. The zero-order valence-corrected chi connectivity index (χ0v) is 12.8. The van der Waals surface area contributed by atoms with Crippen molar-refractivity contribution >= 4 is 46.0 Å². The Morgan fingerprint density at radius 3 is 2.63 bits per heavy atom.